The minimum absolute atomic E-state index is 0.0298. The second-order valence-electron chi connectivity index (χ2n) is 10.8. The van der Waals surface area contributed by atoms with E-state index in [2.05, 4.69) is 31.2 Å². The van der Waals surface area contributed by atoms with Crippen LogP contribution in [-0.4, -0.2) is 52.7 Å². The molecule has 0 unspecified atom stereocenters. The summed E-state index contributed by atoms with van der Waals surface area (Å²) in [6, 6.07) is 7.90. The van der Waals surface area contributed by atoms with Gasteiger partial charge in [-0.1, -0.05) is 0 Å². The molecule has 10 nitrogen and oxygen atoms in total. The van der Waals surface area contributed by atoms with Crippen LogP contribution in [0.4, 0.5) is 11.6 Å². The Morgan fingerprint density at radius 2 is 2.03 bits per heavy atom. The van der Waals surface area contributed by atoms with Crippen molar-refractivity contribution in [3.63, 3.8) is 0 Å². The van der Waals surface area contributed by atoms with E-state index in [9.17, 15) is 4.79 Å². The van der Waals surface area contributed by atoms with Crippen LogP contribution >= 0.6 is 0 Å². The minimum Gasteiger partial charge on any atom is -0.489 e. The first-order valence-corrected chi connectivity index (χ1v) is 12.8. The predicted molar refractivity (Wildman–Crippen MR) is 131 cm³/mol. The maximum absolute atomic E-state index is 13.1. The van der Waals surface area contributed by atoms with Crippen LogP contribution in [0.2, 0.25) is 0 Å². The zero-order valence-corrected chi connectivity index (χ0v) is 20.2. The largest absolute Gasteiger partial charge is 0.489 e. The molecule has 2 atom stereocenters. The van der Waals surface area contributed by atoms with Gasteiger partial charge >= 0.3 is 6.01 Å². The maximum Gasteiger partial charge on any atom is 0.319 e. The Labute approximate surface area is 210 Å². The minimum atomic E-state index is -0.166. The van der Waals surface area contributed by atoms with Gasteiger partial charge in [0.15, 0.2) is 11.6 Å². The molecular weight excluding hydrogens is 458 g/mol. The number of amides is 1. The van der Waals surface area contributed by atoms with E-state index in [1.54, 1.807) is 12.3 Å². The number of pyridine rings is 1. The van der Waals surface area contributed by atoms with E-state index < -0.39 is 0 Å². The van der Waals surface area contributed by atoms with Crippen molar-refractivity contribution in [2.75, 3.05) is 36.9 Å². The van der Waals surface area contributed by atoms with Gasteiger partial charge in [0.2, 0.25) is 0 Å². The molecule has 1 saturated heterocycles. The average Bonchev–Trinajstić information content (AvgIpc) is 3.62. The second-order valence-corrected chi connectivity index (χ2v) is 10.8. The predicted octanol–water partition coefficient (Wildman–Crippen LogP) is 2.57. The topological polar surface area (TPSA) is 139 Å². The summed E-state index contributed by atoms with van der Waals surface area (Å²) in [7, 11) is 0. The molecule has 4 aliphatic carbocycles. The highest BCUT2D eigenvalue weighted by atomic mass is 16.5. The summed E-state index contributed by atoms with van der Waals surface area (Å²) in [5.41, 5.74) is 6.19. The smallest absolute Gasteiger partial charge is 0.319 e. The summed E-state index contributed by atoms with van der Waals surface area (Å²) in [5, 5.41) is 12.3. The zero-order chi connectivity index (χ0) is 24.7. The van der Waals surface area contributed by atoms with E-state index in [4.69, 9.17) is 20.5 Å². The number of nitriles is 1. The number of nitrogen functional groups attached to an aromatic ring is 1. The Morgan fingerprint density at radius 3 is 2.69 bits per heavy atom. The van der Waals surface area contributed by atoms with Crippen LogP contribution in [0.5, 0.6) is 11.8 Å². The fourth-order valence-corrected chi connectivity index (χ4v) is 5.52. The Bertz CT molecular complexity index is 1170. The number of hydrogen-bond acceptors (Lipinski definition) is 9. The number of piperidine rings is 1. The van der Waals surface area contributed by atoms with Gasteiger partial charge in [-0.15, -0.1) is 0 Å². The van der Waals surface area contributed by atoms with Gasteiger partial charge in [-0.3, -0.25) is 4.79 Å². The van der Waals surface area contributed by atoms with Crippen molar-refractivity contribution in [1.29, 1.82) is 5.26 Å². The molecule has 1 aliphatic heterocycles. The molecule has 36 heavy (non-hydrogen) atoms. The van der Waals surface area contributed by atoms with Gasteiger partial charge in [-0.25, -0.2) is 4.98 Å². The van der Waals surface area contributed by atoms with E-state index in [1.807, 2.05) is 12.1 Å². The summed E-state index contributed by atoms with van der Waals surface area (Å²) in [6.07, 6.45) is 7.55. The van der Waals surface area contributed by atoms with Gasteiger partial charge in [-0.05, 0) is 62.5 Å². The molecule has 188 valence electrons. The molecule has 2 aromatic rings. The molecule has 1 amide bonds. The average molecular weight is 490 g/mol. The highest BCUT2D eigenvalue weighted by molar-refractivity contribution is 5.94. The van der Waals surface area contributed by atoms with Gasteiger partial charge in [0, 0.05) is 36.8 Å². The van der Waals surface area contributed by atoms with Crippen LogP contribution in [0.1, 0.15) is 49.0 Å². The number of rotatable bonds is 9. The molecule has 7 rings (SSSR count). The van der Waals surface area contributed by atoms with Crippen LogP contribution in [0, 0.1) is 35.0 Å². The molecule has 3 N–H and O–H groups in total. The molecule has 5 fully saturated rings. The van der Waals surface area contributed by atoms with E-state index in [0.29, 0.717) is 42.2 Å². The van der Waals surface area contributed by atoms with Gasteiger partial charge < -0.3 is 25.4 Å². The van der Waals surface area contributed by atoms with E-state index in [-0.39, 0.29) is 29.3 Å². The maximum atomic E-state index is 13.1. The molecule has 10 heteroatoms. The highest BCUT2D eigenvalue weighted by Crippen LogP contribution is 2.57. The van der Waals surface area contributed by atoms with Gasteiger partial charge in [0.25, 0.3) is 5.91 Å². The summed E-state index contributed by atoms with van der Waals surface area (Å²) in [6.45, 7) is 2.56. The Hall–Kier alpha value is -3.61. The van der Waals surface area contributed by atoms with Crippen molar-refractivity contribution in [1.82, 2.24) is 20.3 Å². The van der Waals surface area contributed by atoms with Crippen LogP contribution in [0.3, 0.4) is 0 Å². The fraction of sp³-hybridized carbons (Fsp3) is 0.577. The van der Waals surface area contributed by atoms with E-state index in [0.717, 1.165) is 57.5 Å². The van der Waals surface area contributed by atoms with Gasteiger partial charge in [-0.2, -0.15) is 15.2 Å². The number of carbonyl (C=O) groups is 1. The highest BCUT2D eigenvalue weighted by Gasteiger charge is 2.57. The van der Waals surface area contributed by atoms with Crippen molar-refractivity contribution in [2.45, 2.75) is 44.1 Å². The summed E-state index contributed by atoms with van der Waals surface area (Å²) in [5.74, 6) is 2.98. The number of nitrogens with two attached hydrogens (primary N) is 1. The number of nitrogens with zero attached hydrogens (tertiary/aromatic N) is 5. The van der Waals surface area contributed by atoms with Crippen molar-refractivity contribution < 1.29 is 14.3 Å². The van der Waals surface area contributed by atoms with Crippen molar-refractivity contribution in [3.8, 4) is 17.8 Å². The van der Waals surface area contributed by atoms with Crippen LogP contribution in [0.25, 0.3) is 0 Å². The molecule has 2 bridgehead atoms. The third-order valence-electron chi connectivity index (χ3n) is 8.07. The first kappa shape index (κ1) is 22.8. The fourth-order valence-electron chi connectivity index (χ4n) is 5.52. The summed E-state index contributed by atoms with van der Waals surface area (Å²) in [4.78, 5) is 28.4. The first-order chi connectivity index (χ1) is 17.5. The molecule has 4 saturated carbocycles. The van der Waals surface area contributed by atoms with E-state index in [1.165, 1.54) is 0 Å². The first-order valence-electron chi connectivity index (χ1n) is 12.8. The van der Waals surface area contributed by atoms with Crippen molar-refractivity contribution >= 4 is 17.5 Å². The monoisotopic (exact) mass is 489 g/mol. The Kier molecular flexibility index (Phi) is 5.78. The lowest BCUT2D eigenvalue weighted by Gasteiger charge is -2.61. The third kappa shape index (κ3) is 4.62. The number of ether oxygens (including phenoxy) is 2. The van der Waals surface area contributed by atoms with Crippen LogP contribution < -0.4 is 25.4 Å². The Balaban J connectivity index is 1.11. The van der Waals surface area contributed by atoms with Crippen LogP contribution in [0.15, 0.2) is 24.4 Å². The van der Waals surface area contributed by atoms with Gasteiger partial charge in [0.05, 0.1) is 25.2 Å². The lowest BCUT2D eigenvalue weighted by Crippen LogP contribution is -2.68. The standard InChI is InChI=1S/C26H31N7O3/c27-13-18-8-19(18)15-36-25-30-20(24(34)32-26-10-17(11-26)12-26)9-22(31-25)33-6-3-16(4-7-33)14-35-21-2-1-5-29-23(21)28/h1-2,5,9,16-19H,3-4,6-8,10-12,14-15H2,(H2,28,29)(H,32,34)/t17?,18-,19+,26?/m0/s1. The quantitative estimate of drug-likeness (QED) is 0.544. The summed E-state index contributed by atoms with van der Waals surface area (Å²) >= 11 is 0. The molecule has 0 aromatic carbocycles. The van der Waals surface area contributed by atoms with Crippen molar-refractivity contribution in [2.24, 2.45) is 23.7 Å². The number of nitrogens with one attached hydrogen (secondary N) is 1. The summed E-state index contributed by atoms with van der Waals surface area (Å²) < 4.78 is 11.8. The molecule has 0 radical (unpaired) electrons. The number of aromatic nitrogens is 3. The van der Waals surface area contributed by atoms with Crippen molar-refractivity contribution in [3.05, 3.63) is 30.1 Å². The molecule has 2 aromatic heterocycles. The lowest BCUT2D eigenvalue weighted by atomic mass is 9.50. The van der Waals surface area contributed by atoms with Crippen LogP contribution in [-0.2, 0) is 0 Å². The van der Waals surface area contributed by atoms with Gasteiger partial charge in [0.1, 0.15) is 11.5 Å². The SMILES string of the molecule is N#C[C@@H]1C[C@@H]1COc1nc(C(=O)NC23CC(C2)C3)cc(N2CCC(COc3cccnc3N)CC2)n1. The molecule has 0 spiro atoms. The Morgan fingerprint density at radius 1 is 1.22 bits per heavy atom. The third-order valence-corrected chi connectivity index (χ3v) is 8.07. The van der Waals surface area contributed by atoms with E-state index >= 15 is 0 Å². The second kappa shape index (κ2) is 9.12. The normalized spacial score (nSPS) is 28.3. The zero-order valence-electron chi connectivity index (χ0n) is 20.2. The lowest BCUT2D eigenvalue weighted by molar-refractivity contribution is -0.0439. The molecular formula is C26H31N7O3. The molecule has 3 heterocycles. The number of hydrogen-bond donors (Lipinski definition) is 2. The number of anilines is 2. The number of carbonyl (C=O) groups excluding carboxylic acids is 1. The molecule has 5 aliphatic rings.